The van der Waals surface area contributed by atoms with Crippen LogP contribution in [-0.2, 0) is 16.0 Å². The normalized spacial score (nSPS) is 12.4. The minimum atomic E-state index is -0.592. The Morgan fingerprint density at radius 2 is 1.61 bits per heavy atom. The highest BCUT2D eigenvalue weighted by Gasteiger charge is 2.29. The SMILES string of the molecule is COC(=O)c1c(CC(=O)NC2c3ccccc3Oc3ccccc32)[nH]c(C(C)=O)c1C. The number of esters is 1. The molecule has 4 rings (SSSR count). The Kier molecular flexibility index (Phi) is 5.33. The van der Waals surface area contributed by atoms with Gasteiger partial charge in [-0.05, 0) is 24.6 Å². The number of carbonyl (C=O) groups is 3. The van der Waals surface area contributed by atoms with Crippen molar-refractivity contribution >= 4 is 17.7 Å². The molecule has 2 aromatic carbocycles. The van der Waals surface area contributed by atoms with Gasteiger partial charge in [0.2, 0.25) is 5.91 Å². The van der Waals surface area contributed by atoms with Crippen LogP contribution in [0, 0.1) is 6.92 Å². The van der Waals surface area contributed by atoms with E-state index in [0.717, 1.165) is 11.1 Å². The highest BCUT2D eigenvalue weighted by molar-refractivity contribution is 6.01. The molecule has 2 heterocycles. The van der Waals surface area contributed by atoms with Gasteiger partial charge in [0.15, 0.2) is 5.78 Å². The Bertz CT molecular complexity index is 1150. The van der Waals surface area contributed by atoms with E-state index in [1.54, 1.807) is 6.92 Å². The van der Waals surface area contributed by atoms with Gasteiger partial charge >= 0.3 is 5.97 Å². The lowest BCUT2D eigenvalue weighted by Gasteiger charge is -2.28. The zero-order chi connectivity index (χ0) is 22.1. The third-order valence-corrected chi connectivity index (χ3v) is 5.39. The predicted molar refractivity (Wildman–Crippen MR) is 114 cm³/mol. The molecule has 1 aliphatic heterocycles. The van der Waals surface area contributed by atoms with Crippen LogP contribution in [0.1, 0.15) is 56.2 Å². The first-order valence-corrected chi connectivity index (χ1v) is 9.86. The molecule has 0 radical (unpaired) electrons. The number of aromatic amines is 1. The zero-order valence-corrected chi connectivity index (χ0v) is 17.4. The molecule has 3 aromatic rings. The lowest BCUT2D eigenvalue weighted by atomic mass is 9.94. The summed E-state index contributed by atoms with van der Waals surface area (Å²) >= 11 is 0. The Morgan fingerprint density at radius 1 is 1.03 bits per heavy atom. The lowest BCUT2D eigenvalue weighted by molar-refractivity contribution is -0.121. The van der Waals surface area contributed by atoms with Gasteiger partial charge in [-0.2, -0.15) is 0 Å². The number of amides is 1. The van der Waals surface area contributed by atoms with Crippen LogP contribution in [-0.4, -0.2) is 29.8 Å². The van der Waals surface area contributed by atoms with Gasteiger partial charge in [-0.15, -0.1) is 0 Å². The van der Waals surface area contributed by atoms with E-state index in [4.69, 9.17) is 9.47 Å². The van der Waals surface area contributed by atoms with E-state index >= 15 is 0 Å². The average Bonchev–Trinajstić information content (AvgIpc) is 3.08. The highest BCUT2D eigenvalue weighted by atomic mass is 16.5. The van der Waals surface area contributed by atoms with Gasteiger partial charge in [0.1, 0.15) is 11.5 Å². The summed E-state index contributed by atoms with van der Waals surface area (Å²) in [6.45, 7) is 3.06. The molecule has 2 N–H and O–H groups in total. The van der Waals surface area contributed by atoms with Crippen molar-refractivity contribution in [2.75, 3.05) is 7.11 Å². The maximum atomic E-state index is 13.0. The highest BCUT2D eigenvalue weighted by Crippen LogP contribution is 2.42. The molecule has 0 saturated heterocycles. The molecule has 7 heteroatoms. The molecular formula is C24H22N2O5. The Morgan fingerprint density at radius 3 is 2.16 bits per heavy atom. The number of hydrogen-bond donors (Lipinski definition) is 2. The number of H-pyrrole nitrogens is 1. The summed E-state index contributed by atoms with van der Waals surface area (Å²) in [5, 5.41) is 3.05. The molecule has 0 saturated carbocycles. The van der Waals surface area contributed by atoms with Crippen LogP contribution in [0.3, 0.4) is 0 Å². The van der Waals surface area contributed by atoms with E-state index in [1.807, 2.05) is 48.5 Å². The standard InChI is InChI=1S/C24H22N2O5/c1-13-21(24(29)30-3)17(25-22(13)14(2)27)12-20(28)26-23-15-8-4-6-10-18(15)31-19-11-7-5-9-16(19)23/h4-11,23,25H,12H2,1-3H3,(H,26,28). The zero-order valence-electron chi connectivity index (χ0n) is 17.4. The van der Waals surface area contributed by atoms with Gasteiger partial charge in [-0.1, -0.05) is 36.4 Å². The molecule has 158 valence electrons. The number of ketones is 1. The van der Waals surface area contributed by atoms with E-state index in [1.165, 1.54) is 14.0 Å². The minimum absolute atomic E-state index is 0.111. The molecule has 0 bridgehead atoms. The van der Waals surface area contributed by atoms with Gasteiger partial charge in [-0.3, -0.25) is 9.59 Å². The van der Waals surface area contributed by atoms with Crippen molar-refractivity contribution in [2.45, 2.75) is 26.3 Å². The smallest absolute Gasteiger partial charge is 0.339 e. The summed E-state index contributed by atoms with van der Waals surface area (Å²) in [5.41, 5.74) is 3.02. The Hall–Kier alpha value is -3.87. The van der Waals surface area contributed by atoms with Gasteiger partial charge in [0.25, 0.3) is 0 Å². The maximum absolute atomic E-state index is 13.0. The lowest BCUT2D eigenvalue weighted by Crippen LogP contribution is -2.32. The molecule has 31 heavy (non-hydrogen) atoms. The van der Waals surface area contributed by atoms with Gasteiger partial charge < -0.3 is 19.8 Å². The van der Waals surface area contributed by atoms with E-state index in [9.17, 15) is 14.4 Å². The number of benzene rings is 2. The molecule has 1 aliphatic rings. The third-order valence-electron chi connectivity index (χ3n) is 5.39. The third kappa shape index (κ3) is 3.70. The van der Waals surface area contributed by atoms with E-state index < -0.39 is 12.0 Å². The monoisotopic (exact) mass is 418 g/mol. The molecule has 7 nitrogen and oxygen atoms in total. The van der Waals surface area contributed by atoms with Crippen LogP contribution >= 0.6 is 0 Å². The summed E-state index contributed by atoms with van der Waals surface area (Å²) in [5.74, 6) is 0.234. The maximum Gasteiger partial charge on any atom is 0.339 e. The van der Waals surface area contributed by atoms with Crippen LogP contribution in [0.4, 0.5) is 0 Å². The first-order chi connectivity index (χ1) is 14.9. The molecule has 0 atom stereocenters. The van der Waals surface area contributed by atoms with Crippen molar-refractivity contribution in [3.05, 3.63) is 82.2 Å². The molecule has 0 unspecified atom stereocenters. The quantitative estimate of drug-likeness (QED) is 0.484. The van der Waals surface area contributed by atoms with Crippen molar-refractivity contribution in [1.29, 1.82) is 0 Å². The van der Waals surface area contributed by atoms with Crippen LogP contribution in [0.15, 0.2) is 48.5 Å². The van der Waals surface area contributed by atoms with Gasteiger partial charge in [0, 0.05) is 23.7 Å². The van der Waals surface area contributed by atoms with Crippen LogP contribution in [0.5, 0.6) is 11.5 Å². The number of Topliss-reactive ketones (excluding diaryl/α,β-unsaturated/α-hetero) is 1. The minimum Gasteiger partial charge on any atom is -0.465 e. The number of methoxy groups -OCH3 is 1. The van der Waals surface area contributed by atoms with E-state index in [2.05, 4.69) is 10.3 Å². The van der Waals surface area contributed by atoms with Crippen molar-refractivity contribution in [3.63, 3.8) is 0 Å². The molecule has 1 aromatic heterocycles. The summed E-state index contributed by atoms with van der Waals surface area (Å²) in [7, 11) is 1.27. The summed E-state index contributed by atoms with van der Waals surface area (Å²) in [6.07, 6.45) is -0.111. The molecule has 0 fully saturated rings. The van der Waals surface area contributed by atoms with Crippen molar-refractivity contribution in [3.8, 4) is 11.5 Å². The topological polar surface area (TPSA) is 97.5 Å². The summed E-state index contributed by atoms with van der Waals surface area (Å²) < 4.78 is 10.8. The van der Waals surface area contributed by atoms with Crippen molar-refractivity contribution < 1.29 is 23.9 Å². The fourth-order valence-corrected chi connectivity index (χ4v) is 3.96. The van der Waals surface area contributed by atoms with Gasteiger partial charge in [0.05, 0.1) is 30.8 Å². The van der Waals surface area contributed by atoms with E-state index in [0.29, 0.717) is 28.5 Å². The largest absolute Gasteiger partial charge is 0.465 e. The number of aromatic nitrogens is 1. The second-order valence-electron chi connectivity index (χ2n) is 7.38. The van der Waals surface area contributed by atoms with Crippen molar-refractivity contribution in [1.82, 2.24) is 10.3 Å². The number of para-hydroxylation sites is 2. The summed E-state index contributed by atoms with van der Waals surface area (Å²) in [6, 6.07) is 14.6. The molecule has 1 amide bonds. The van der Waals surface area contributed by atoms with Crippen LogP contribution in [0.25, 0.3) is 0 Å². The van der Waals surface area contributed by atoms with Crippen LogP contribution in [0.2, 0.25) is 0 Å². The molecular weight excluding hydrogens is 396 g/mol. The van der Waals surface area contributed by atoms with Crippen LogP contribution < -0.4 is 10.1 Å². The molecule has 0 spiro atoms. The first-order valence-electron chi connectivity index (χ1n) is 9.86. The van der Waals surface area contributed by atoms with Crippen molar-refractivity contribution in [2.24, 2.45) is 0 Å². The summed E-state index contributed by atoms with van der Waals surface area (Å²) in [4.78, 5) is 40.2. The Balaban J connectivity index is 1.66. The fourth-order valence-electron chi connectivity index (χ4n) is 3.96. The second kappa shape index (κ2) is 8.10. The number of ether oxygens (including phenoxy) is 2. The number of carbonyl (C=O) groups excluding carboxylic acids is 3. The number of nitrogens with one attached hydrogen (secondary N) is 2. The number of rotatable bonds is 5. The van der Waals surface area contributed by atoms with Gasteiger partial charge in [-0.25, -0.2) is 4.79 Å². The predicted octanol–water partition coefficient (Wildman–Crippen LogP) is 3.87. The molecule has 0 aliphatic carbocycles. The number of fused-ring (bicyclic) bond motifs is 2. The second-order valence-corrected chi connectivity index (χ2v) is 7.38. The fraction of sp³-hybridized carbons (Fsp3) is 0.208. The number of hydrogen-bond acceptors (Lipinski definition) is 5. The first kappa shape index (κ1) is 20.4. The Labute approximate surface area is 179 Å². The average molecular weight is 418 g/mol. The van der Waals surface area contributed by atoms with E-state index in [-0.39, 0.29) is 23.7 Å².